The zero-order valence-corrected chi connectivity index (χ0v) is 17.5. The third kappa shape index (κ3) is 5.26. The van der Waals surface area contributed by atoms with Crippen LogP contribution in [-0.4, -0.2) is 36.6 Å². The Hall–Kier alpha value is -3.15. The molecule has 0 unspecified atom stereocenters. The van der Waals surface area contributed by atoms with Gasteiger partial charge in [-0.05, 0) is 43.0 Å². The van der Waals surface area contributed by atoms with Crippen LogP contribution in [0, 0.1) is 0 Å². The lowest BCUT2D eigenvalue weighted by Gasteiger charge is -2.22. The average molecular weight is 409 g/mol. The summed E-state index contributed by atoms with van der Waals surface area (Å²) in [5, 5.41) is 2.61. The molecule has 1 amide bonds. The number of nitrogens with one attached hydrogen (secondary N) is 1. The molecule has 0 aliphatic heterocycles. The maximum absolute atomic E-state index is 12.4. The summed E-state index contributed by atoms with van der Waals surface area (Å²) in [6, 6.07) is 15.5. The van der Waals surface area contributed by atoms with Crippen LogP contribution in [0.1, 0.15) is 50.7 Å². The number of amides is 1. The van der Waals surface area contributed by atoms with Crippen molar-refractivity contribution >= 4 is 18.3 Å². The molecule has 0 bridgehead atoms. The topological polar surface area (TPSA) is 81.7 Å². The molecule has 1 N–H and O–H groups in total. The Labute approximate surface area is 176 Å². The normalized spacial score (nSPS) is 13.7. The van der Waals surface area contributed by atoms with Gasteiger partial charge in [0.15, 0.2) is 0 Å². The van der Waals surface area contributed by atoms with Gasteiger partial charge in [0.05, 0.1) is 6.42 Å². The molecule has 0 saturated heterocycles. The number of ether oxygens (including phenoxy) is 2. The highest BCUT2D eigenvalue weighted by atomic mass is 16.6. The Morgan fingerprint density at radius 3 is 2.13 bits per heavy atom. The highest BCUT2D eigenvalue weighted by Crippen LogP contribution is 2.44. The number of esters is 1. The second kappa shape index (κ2) is 9.11. The molecule has 1 aliphatic rings. The molecule has 3 rings (SSSR count). The van der Waals surface area contributed by atoms with E-state index in [2.05, 4.69) is 17.4 Å². The van der Waals surface area contributed by atoms with E-state index in [1.807, 2.05) is 36.4 Å². The Balaban J connectivity index is 1.62. The van der Waals surface area contributed by atoms with E-state index in [1.165, 1.54) is 0 Å². The molecule has 1 aliphatic carbocycles. The predicted octanol–water partition coefficient (Wildman–Crippen LogP) is 4.21. The first-order valence-electron chi connectivity index (χ1n) is 10.1. The lowest BCUT2D eigenvalue weighted by molar-refractivity contribution is -0.155. The van der Waals surface area contributed by atoms with Crippen LogP contribution in [0.4, 0.5) is 4.79 Å². The Kier molecular flexibility index (Phi) is 6.55. The number of aldehydes is 1. The van der Waals surface area contributed by atoms with Crippen LogP contribution in [-0.2, 0) is 19.1 Å². The summed E-state index contributed by atoms with van der Waals surface area (Å²) in [4.78, 5) is 35.4. The van der Waals surface area contributed by atoms with Crippen molar-refractivity contribution in [3.8, 4) is 11.1 Å². The van der Waals surface area contributed by atoms with Crippen LogP contribution >= 0.6 is 0 Å². The van der Waals surface area contributed by atoms with Crippen molar-refractivity contribution in [3.63, 3.8) is 0 Å². The number of carbonyl (C=O) groups is 3. The van der Waals surface area contributed by atoms with Gasteiger partial charge in [0.25, 0.3) is 0 Å². The second-order valence-corrected chi connectivity index (χ2v) is 8.36. The summed E-state index contributed by atoms with van der Waals surface area (Å²) in [7, 11) is 0. The van der Waals surface area contributed by atoms with Gasteiger partial charge in [0.2, 0.25) is 0 Å². The van der Waals surface area contributed by atoms with Gasteiger partial charge in [-0.25, -0.2) is 4.79 Å². The molecule has 0 fully saturated rings. The molecule has 0 spiro atoms. The van der Waals surface area contributed by atoms with Crippen LogP contribution in [0.2, 0.25) is 0 Å². The van der Waals surface area contributed by atoms with E-state index in [4.69, 9.17) is 9.47 Å². The molecule has 0 heterocycles. The Bertz CT molecular complexity index is 886. The summed E-state index contributed by atoms with van der Waals surface area (Å²) in [5.74, 6) is -0.535. The number of rotatable bonds is 7. The standard InChI is InChI=1S/C24H27NO5/c1-24(2,3)30-22(27)14-16(12-13-26)25-23(28)29-15-21-19-10-6-4-8-17(19)18-9-5-7-11-20(18)21/h4-11,13,16,21H,12,14-15H2,1-3H3,(H,25,28)/t16-/m1/s1. The van der Waals surface area contributed by atoms with E-state index in [-0.39, 0.29) is 25.4 Å². The molecule has 1 atom stereocenters. The highest BCUT2D eigenvalue weighted by Gasteiger charge is 2.29. The first kappa shape index (κ1) is 21.6. The van der Waals surface area contributed by atoms with Crippen LogP contribution in [0.5, 0.6) is 0 Å². The second-order valence-electron chi connectivity index (χ2n) is 8.36. The molecule has 0 radical (unpaired) electrons. The maximum atomic E-state index is 12.4. The van der Waals surface area contributed by atoms with Gasteiger partial charge in [0.1, 0.15) is 18.5 Å². The number of fused-ring (bicyclic) bond motifs is 3. The maximum Gasteiger partial charge on any atom is 0.407 e. The smallest absolute Gasteiger partial charge is 0.407 e. The molecule has 6 heteroatoms. The van der Waals surface area contributed by atoms with Gasteiger partial charge < -0.3 is 19.6 Å². The minimum atomic E-state index is -0.673. The van der Waals surface area contributed by atoms with Crippen LogP contribution in [0.25, 0.3) is 11.1 Å². The Morgan fingerprint density at radius 2 is 1.60 bits per heavy atom. The molecular formula is C24H27NO5. The van der Waals surface area contributed by atoms with Crippen molar-refractivity contribution in [2.24, 2.45) is 0 Å². The van der Waals surface area contributed by atoms with Gasteiger partial charge in [-0.15, -0.1) is 0 Å². The van der Waals surface area contributed by atoms with Crippen LogP contribution in [0.15, 0.2) is 48.5 Å². The van der Waals surface area contributed by atoms with Gasteiger partial charge in [0, 0.05) is 18.4 Å². The summed E-state index contributed by atoms with van der Waals surface area (Å²) in [5.41, 5.74) is 3.89. The number of benzene rings is 2. The molecule has 2 aromatic rings. The summed E-state index contributed by atoms with van der Waals surface area (Å²) < 4.78 is 10.7. The number of carbonyl (C=O) groups excluding carboxylic acids is 3. The van der Waals surface area contributed by atoms with E-state index in [0.717, 1.165) is 22.3 Å². The van der Waals surface area contributed by atoms with Gasteiger partial charge in [-0.2, -0.15) is 0 Å². The van der Waals surface area contributed by atoms with Gasteiger partial charge >= 0.3 is 12.1 Å². The highest BCUT2D eigenvalue weighted by molar-refractivity contribution is 5.79. The molecule has 6 nitrogen and oxygen atoms in total. The average Bonchev–Trinajstić information content (AvgIpc) is 2.99. The third-order valence-electron chi connectivity index (χ3n) is 4.88. The lowest BCUT2D eigenvalue weighted by Crippen LogP contribution is -2.39. The largest absolute Gasteiger partial charge is 0.460 e. The molecular weight excluding hydrogens is 382 g/mol. The van der Waals surface area contributed by atoms with E-state index < -0.39 is 23.7 Å². The Morgan fingerprint density at radius 1 is 1.03 bits per heavy atom. The molecule has 30 heavy (non-hydrogen) atoms. The number of alkyl carbamates (subject to hydrolysis) is 1. The quantitative estimate of drug-likeness (QED) is 0.547. The summed E-state index contributed by atoms with van der Waals surface area (Å²) >= 11 is 0. The fraction of sp³-hybridized carbons (Fsp3) is 0.375. The first-order chi connectivity index (χ1) is 14.3. The van der Waals surface area contributed by atoms with Crippen molar-refractivity contribution in [1.82, 2.24) is 5.32 Å². The zero-order valence-electron chi connectivity index (χ0n) is 17.5. The van der Waals surface area contributed by atoms with E-state index >= 15 is 0 Å². The molecule has 2 aromatic carbocycles. The van der Waals surface area contributed by atoms with Crippen molar-refractivity contribution in [1.29, 1.82) is 0 Å². The summed E-state index contributed by atoms with van der Waals surface area (Å²) in [6.45, 7) is 5.45. The minimum Gasteiger partial charge on any atom is -0.460 e. The van der Waals surface area contributed by atoms with Crippen molar-refractivity contribution < 1.29 is 23.9 Å². The van der Waals surface area contributed by atoms with E-state index in [9.17, 15) is 14.4 Å². The molecule has 158 valence electrons. The minimum absolute atomic E-state index is 0.00341. The summed E-state index contributed by atoms with van der Waals surface area (Å²) in [6.07, 6.45) is -0.0881. The fourth-order valence-corrected chi connectivity index (χ4v) is 3.70. The lowest BCUT2D eigenvalue weighted by atomic mass is 9.98. The van der Waals surface area contributed by atoms with E-state index in [1.54, 1.807) is 20.8 Å². The first-order valence-corrected chi connectivity index (χ1v) is 10.1. The van der Waals surface area contributed by atoms with Gasteiger partial charge in [-0.3, -0.25) is 4.79 Å². The molecule has 0 aromatic heterocycles. The van der Waals surface area contributed by atoms with Gasteiger partial charge in [-0.1, -0.05) is 48.5 Å². The van der Waals surface area contributed by atoms with E-state index in [0.29, 0.717) is 6.29 Å². The zero-order chi connectivity index (χ0) is 21.7. The predicted molar refractivity (Wildman–Crippen MR) is 113 cm³/mol. The van der Waals surface area contributed by atoms with Crippen LogP contribution in [0.3, 0.4) is 0 Å². The SMILES string of the molecule is CC(C)(C)OC(=O)C[C@@H](CC=O)NC(=O)OCC1c2ccccc2-c2ccccc21. The molecule has 0 saturated carbocycles. The number of hydrogen-bond acceptors (Lipinski definition) is 5. The van der Waals surface area contributed by atoms with Crippen molar-refractivity contribution in [3.05, 3.63) is 59.7 Å². The van der Waals surface area contributed by atoms with Crippen molar-refractivity contribution in [2.75, 3.05) is 6.61 Å². The fourth-order valence-electron chi connectivity index (χ4n) is 3.70. The third-order valence-corrected chi connectivity index (χ3v) is 4.88. The van der Waals surface area contributed by atoms with Crippen molar-refractivity contribution in [2.45, 2.75) is 51.2 Å². The monoisotopic (exact) mass is 409 g/mol. The number of hydrogen-bond donors (Lipinski definition) is 1. The van der Waals surface area contributed by atoms with Crippen LogP contribution < -0.4 is 5.32 Å².